The highest BCUT2D eigenvalue weighted by atomic mass is 32.2. The Hall–Kier alpha value is -0.990. The summed E-state index contributed by atoms with van der Waals surface area (Å²) in [6, 6.07) is 10.1. The van der Waals surface area contributed by atoms with Gasteiger partial charge in [-0.2, -0.15) is 0 Å². The van der Waals surface area contributed by atoms with Crippen molar-refractivity contribution in [1.29, 1.82) is 0 Å². The average molecular weight is 368 g/mol. The standard InChI is InChI=1S/C18H28N2O4S/c1-23-18(7-9-24-10-8-18)14-25(21,22)20-12-16(11-19)17(13-20)15-5-3-2-4-6-15/h2-6,16-17H,7-14,19H2,1H3/t16-,17+/m1/s1. The molecule has 3 rings (SSSR count). The second-order valence-electron chi connectivity index (χ2n) is 7.09. The first kappa shape index (κ1) is 18.8. The van der Waals surface area contributed by atoms with E-state index in [9.17, 15) is 8.42 Å². The zero-order valence-corrected chi connectivity index (χ0v) is 15.6. The molecule has 2 fully saturated rings. The van der Waals surface area contributed by atoms with Gasteiger partial charge in [0.15, 0.2) is 0 Å². The van der Waals surface area contributed by atoms with Gasteiger partial charge >= 0.3 is 0 Å². The van der Waals surface area contributed by atoms with Crippen LogP contribution in [0.1, 0.15) is 24.3 Å². The number of benzene rings is 1. The van der Waals surface area contributed by atoms with E-state index in [1.807, 2.05) is 18.2 Å². The van der Waals surface area contributed by atoms with Crippen molar-refractivity contribution >= 4 is 10.0 Å². The summed E-state index contributed by atoms with van der Waals surface area (Å²) in [5, 5.41) is 0. The molecule has 0 saturated carbocycles. The second-order valence-corrected chi connectivity index (χ2v) is 9.05. The number of hydrogen-bond acceptors (Lipinski definition) is 5. The normalized spacial score (nSPS) is 27.4. The second kappa shape index (κ2) is 7.72. The van der Waals surface area contributed by atoms with Gasteiger partial charge in [-0.3, -0.25) is 0 Å². The zero-order valence-electron chi connectivity index (χ0n) is 14.8. The lowest BCUT2D eigenvalue weighted by atomic mass is 9.89. The maximum absolute atomic E-state index is 13.1. The number of nitrogens with zero attached hydrogens (tertiary/aromatic N) is 1. The summed E-state index contributed by atoms with van der Waals surface area (Å²) in [7, 11) is -1.82. The highest BCUT2D eigenvalue weighted by Gasteiger charge is 2.44. The molecule has 2 saturated heterocycles. The van der Waals surface area contributed by atoms with Crippen molar-refractivity contribution < 1.29 is 17.9 Å². The zero-order chi connectivity index (χ0) is 17.9. The van der Waals surface area contributed by atoms with Crippen LogP contribution in [0.2, 0.25) is 0 Å². The van der Waals surface area contributed by atoms with Crippen molar-refractivity contribution in [3.8, 4) is 0 Å². The molecule has 0 aromatic heterocycles. The van der Waals surface area contributed by atoms with Crippen LogP contribution in [0.3, 0.4) is 0 Å². The largest absolute Gasteiger partial charge is 0.381 e. The van der Waals surface area contributed by atoms with Crippen molar-refractivity contribution in [2.45, 2.75) is 24.4 Å². The molecule has 6 nitrogen and oxygen atoms in total. The van der Waals surface area contributed by atoms with E-state index in [2.05, 4.69) is 12.1 Å². The minimum atomic E-state index is -3.42. The summed E-state index contributed by atoms with van der Waals surface area (Å²) in [5.41, 5.74) is 6.46. The summed E-state index contributed by atoms with van der Waals surface area (Å²) < 4.78 is 38.7. The molecule has 2 atom stereocenters. The number of ether oxygens (including phenoxy) is 2. The van der Waals surface area contributed by atoms with E-state index in [0.29, 0.717) is 45.7 Å². The third kappa shape index (κ3) is 4.06. The molecule has 0 unspecified atom stereocenters. The van der Waals surface area contributed by atoms with Gasteiger partial charge in [0.1, 0.15) is 0 Å². The summed E-state index contributed by atoms with van der Waals surface area (Å²) in [6.45, 7) is 2.54. The van der Waals surface area contributed by atoms with E-state index in [-0.39, 0.29) is 17.6 Å². The van der Waals surface area contributed by atoms with E-state index in [1.54, 1.807) is 11.4 Å². The molecule has 0 radical (unpaired) electrons. The molecule has 1 aromatic carbocycles. The number of sulfonamides is 1. The molecule has 2 aliphatic heterocycles. The van der Waals surface area contributed by atoms with E-state index in [4.69, 9.17) is 15.2 Å². The Labute approximate surface area is 150 Å². The summed E-state index contributed by atoms with van der Waals surface area (Å²) >= 11 is 0. The predicted molar refractivity (Wildman–Crippen MR) is 96.9 cm³/mol. The Kier molecular flexibility index (Phi) is 5.80. The maximum Gasteiger partial charge on any atom is 0.216 e. The van der Waals surface area contributed by atoms with Gasteiger partial charge < -0.3 is 15.2 Å². The average Bonchev–Trinajstić information content (AvgIpc) is 3.08. The Morgan fingerprint density at radius 1 is 1.24 bits per heavy atom. The maximum atomic E-state index is 13.1. The minimum Gasteiger partial charge on any atom is -0.381 e. The van der Waals surface area contributed by atoms with Crippen LogP contribution in [-0.2, 0) is 19.5 Å². The first-order valence-electron chi connectivity index (χ1n) is 8.85. The Balaban J connectivity index is 1.76. The molecule has 2 heterocycles. The van der Waals surface area contributed by atoms with Crippen molar-refractivity contribution in [3.05, 3.63) is 35.9 Å². The molecule has 0 aliphatic carbocycles. The van der Waals surface area contributed by atoms with E-state index in [1.165, 1.54) is 0 Å². The van der Waals surface area contributed by atoms with Gasteiger partial charge in [0.2, 0.25) is 10.0 Å². The number of rotatable bonds is 6. The SMILES string of the molecule is COC1(CS(=O)(=O)N2C[C@@H](CN)[C@H](c3ccccc3)C2)CCOCC1. The van der Waals surface area contributed by atoms with Gasteiger partial charge in [-0.1, -0.05) is 30.3 Å². The molecule has 0 spiro atoms. The van der Waals surface area contributed by atoms with Crippen LogP contribution in [0.15, 0.2) is 30.3 Å². The van der Waals surface area contributed by atoms with Gasteiger partial charge in [-0.25, -0.2) is 12.7 Å². The van der Waals surface area contributed by atoms with Crippen molar-refractivity contribution in [1.82, 2.24) is 4.31 Å². The quantitative estimate of drug-likeness (QED) is 0.816. The van der Waals surface area contributed by atoms with Gasteiger partial charge in [0.05, 0.1) is 11.4 Å². The Bertz CT molecular complexity index is 659. The molecule has 140 valence electrons. The van der Waals surface area contributed by atoms with E-state index >= 15 is 0 Å². The van der Waals surface area contributed by atoms with Crippen LogP contribution in [-0.4, -0.2) is 64.0 Å². The molecule has 0 bridgehead atoms. The summed E-state index contributed by atoms with van der Waals surface area (Å²) in [4.78, 5) is 0. The van der Waals surface area contributed by atoms with Crippen LogP contribution < -0.4 is 5.73 Å². The topological polar surface area (TPSA) is 81.9 Å². The van der Waals surface area contributed by atoms with Gasteiger partial charge in [0.25, 0.3) is 0 Å². The van der Waals surface area contributed by atoms with Crippen LogP contribution in [0.25, 0.3) is 0 Å². The van der Waals surface area contributed by atoms with Crippen molar-refractivity contribution in [2.75, 3.05) is 45.7 Å². The fourth-order valence-corrected chi connectivity index (χ4v) is 6.01. The Morgan fingerprint density at radius 3 is 2.52 bits per heavy atom. The number of nitrogens with two attached hydrogens (primary N) is 1. The predicted octanol–water partition coefficient (Wildman–Crippen LogP) is 1.19. The van der Waals surface area contributed by atoms with Gasteiger partial charge in [0, 0.05) is 52.2 Å². The van der Waals surface area contributed by atoms with Crippen LogP contribution >= 0.6 is 0 Å². The lowest BCUT2D eigenvalue weighted by Gasteiger charge is -2.36. The first-order valence-corrected chi connectivity index (χ1v) is 10.5. The fraction of sp³-hybridized carbons (Fsp3) is 0.667. The highest BCUT2D eigenvalue weighted by molar-refractivity contribution is 7.89. The number of methoxy groups -OCH3 is 1. The molecule has 1 aromatic rings. The lowest BCUT2D eigenvalue weighted by molar-refractivity contribution is -0.0754. The fourth-order valence-electron chi connectivity index (χ4n) is 3.95. The van der Waals surface area contributed by atoms with E-state index < -0.39 is 15.6 Å². The van der Waals surface area contributed by atoms with Crippen molar-refractivity contribution in [3.63, 3.8) is 0 Å². The molecule has 0 amide bonds. The minimum absolute atomic E-state index is 0.0126. The molecule has 25 heavy (non-hydrogen) atoms. The summed E-state index contributed by atoms with van der Waals surface area (Å²) in [5.74, 6) is 0.304. The molecular weight excluding hydrogens is 340 g/mol. The van der Waals surface area contributed by atoms with Crippen molar-refractivity contribution in [2.24, 2.45) is 11.7 Å². The monoisotopic (exact) mass is 368 g/mol. The van der Waals surface area contributed by atoms with Gasteiger partial charge in [-0.15, -0.1) is 0 Å². The van der Waals surface area contributed by atoms with E-state index in [0.717, 1.165) is 5.56 Å². The smallest absolute Gasteiger partial charge is 0.216 e. The van der Waals surface area contributed by atoms with Crippen LogP contribution in [0.5, 0.6) is 0 Å². The first-order chi connectivity index (χ1) is 12.0. The molecule has 2 aliphatic rings. The third-order valence-electron chi connectivity index (χ3n) is 5.61. The number of hydrogen-bond donors (Lipinski definition) is 1. The van der Waals surface area contributed by atoms with Crippen LogP contribution in [0, 0.1) is 5.92 Å². The lowest BCUT2D eigenvalue weighted by Crippen LogP contribution is -2.48. The van der Waals surface area contributed by atoms with Gasteiger partial charge in [-0.05, 0) is 18.0 Å². The highest BCUT2D eigenvalue weighted by Crippen LogP contribution is 2.35. The van der Waals surface area contributed by atoms with Crippen LogP contribution in [0.4, 0.5) is 0 Å². The summed E-state index contributed by atoms with van der Waals surface area (Å²) in [6.07, 6.45) is 1.22. The molecular formula is C18H28N2O4S. The molecule has 2 N–H and O–H groups in total. The Morgan fingerprint density at radius 2 is 1.92 bits per heavy atom. The molecule has 7 heteroatoms. The third-order valence-corrected chi connectivity index (χ3v) is 7.59.